The summed E-state index contributed by atoms with van der Waals surface area (Å²) in [5, 5.41) is 10.8. The second kappa shape index (κ2) is 7.02. The first-order chi connectivity index (χ1) is 13.8. The summed E-state index contributed by atoms with van der Waals surface area (Å²) < 4.78 is 41.2. The zero-order valence-corrected chi connectivity index (χ0v) is 15.9. The number of amides is 1. The molecule has 0 saturated carbocycles. The molecule has 29 heavy (non-hydrogen) atoms. The number of aromatic nitrogens is 5. The first kappa shape index (κ1) is 19.2. The highest BCUT2D eigenvalue weighted by atomic mass is 19.4. The van der Waals surface area contributed by atoms with E-state index in [2.05, 4.69) is 20.5 Å². The van der Waals surface area contributed by atoms with Gasteiger partial charge in [-0.3, -0.25) is 14.5 Å². The molecule has 1 amide bonds. The molecule has 10 heteroatoms. The number of nitrogens with one attached hydrogen (secondary N) is 1. The minimum Gasteiger partial charge on any atom is -0.344 e. The molecule has 0 bridgehead atoms. The van der Waals surface area contributed by atoms with Crippen molar-refractivity contribution in [1.29, 1.82) is 0 Å². The largest absolute Gasteiger partial charge is 0.435 e. The minimum absolute atomic E-state index is 0.139. The van der Waals surface area contributed by atoms with Crippen LogP contribution in [-0.2, 0) is 26.1 Å². The fourth-order valence-corrected chi connectivity index (χ4v) is 3.48. The normalized spacial score (nSPS) is 16.1. The van der Waals surface area contributed by atoms with Gasteiger partial charge in [-0.1, -0.05) is 6.92 Å². The van der Waals surface area contributed by atoms with Gasteiger partial charge in [-0.25, -0.2) is 4.68 Å². The molecule has 4 rings (SSSR count). The third kappa shape index (κ3) is 3.62. The molecule has 0 spiro atoms. The third-order valence-corrected chi connectivity index (χ3v) is 5.00. The monoisotopic (exact) mass is 404 g/mol. The van der Waals surface area contributed by atoms with E-state index < -0.39 is 17.8 Å². The number of nitrogens with zero attached hydrogens (tertiary/aromatic N) is 5. The molecule has 1 aliphatic carbocycles. The van der Waals surface area contributed by atoms with Crippen molar-refractivity contribution in [2.24, 2.45) is 7.05 Å². The van der Waals surface area contributed by atoms with Crippen LogP contribution < -0.4 is 5.32 Å². The summed E-state index contributed by atoms with van der Waals surface area (Å²) in [6.45, 7) is 2.02. The van der Waals surface area contributed by atoms with Crippen LogP contribution in [-0.4, -0.2) is 30.5 Å². The molecule has 1 N–H and O–H groups in total. The lowest BCUT2D eigenvalue weighted by atomic mass is 10.2. The molecule has 1 atom stereocenters. The Labute approximate surface area is 164 Å². The van der Waals surface area contributed by atoms with Gasteiger partial charge in [0.1, 0.15) is 5.69 Å². The molecule has 7 nitrogen and oxygen atoms in total. The molecule has 1 aliphatic rings. The zero-order valence-electron chi connectivity index (χ0n) is 15.9. The average Bonchev–Trinajstić information content (AvgIpc) is 3.36. The number of aryl methyl sites for hydroxylation is 3. The van der Waals surface area contributed by atoms with Gasteiger partial charge in [-0.15, -0.1) is 0 Å². The Kier molecular flexibility index (Phi) is 4.64. The number of pyridine rings is 1. The van der Waals surface area contributed by atoms with Crippen LogP contribution in [0.15, 0.2) is 30.6 Å². The Morgan fingerprint density at radius 1 is 1.31 bits per heavy atom. The first-order valence-corrected chi connectivity index (χ1v) is 9.22. The van der Waals surface area contributed by atoms with Crippen molar-refractivity contribution in [3.8, 4) is 5.69 Å². The summed E-state index contributed by atoms with van der Waals surface area (Å²) in [5.41, 5.74) is 2.32. The van der Waals surface area contributed by atoms with Crippen LogP contribution >= 0.6 is 0 Å². The highest BCUT2D eigenvalue weighted by Crippen LogP contribution is 2.32. The van der Waals surface area contributed by atoms with Gasteiger partial charge in [-0.05, 0) is 31.4 Å². The highest BCUT2D eigenvalue weighted by Gasteiger charge is 2.36. The van der Waals surface area contributed by atoms with E-state index >= 15 is 0 Å². The topological polar surface area (TPSA) is 77.6 Å². The number of rotatable bonds is 4. The van der Waals surface area contributed by atoms with Gasteiger partial charge in [-0.2, -0.15) is 23.4 Å². The molecule has 3 aromatic rings. The summed E-state index contributed by atoms with van der Waals surface area (Å²) in [4.78, 5) is 16.8. The average molecular weight is 404 g/mol. The van der Waals surface area contributed by atoms with Gasteiger partial charge in [0.15, 0.2) is 5.69 Å². The van der Waals surface area contributed by atoms with Crippen LogP contribution in [0.3, 0.4) is 0 Å². The summed E-state index contributed by atoms with van der Waals surface area (Å²) in [5.74, 6) is -0.599. The number of carbonyl (C=O) groups excluding carboxylic acids is 1. The Morgan fingerprint density at radius 3 is 2.79 bits per heavy atom. The smallest absolute Gasteiger partial charge is 0.344 e. The van der Waals surface area contributed by atoms with E-state index in [1.54, 1.807) is 10.9 Å². The molecule has 0 radical (unpaired) electrons. The van der Waals surface area contributed by atoms with Gasteiger partial charge in [0.05, 0.1) is 17.4 Å². The maximum atomic E-state index is 12.8. The van der Waals surface area contributed by atoms with Gasteiger partial charge >= 0.3 is 6.18 Å². The molecule has 0 fully saturated rings. The lowest BCUT2D eigenvalue weighted by Crippen LogP contribution is -2.28. The van der Waals surface area contributed by atoms with E-state index in [4.69, 9.17) is 0 Å². The number of halogens is 3. The molecule has 1 unspecified atom stereocenters. The van der Waals surface area contributed by atoms with Crippen molar-refractivity contribution in [2.75, 3.05) is 0 Å². The van der Waals surface area contributed by atoms with E-state index in [0.29, 0.717) is 12.8 Å². The van der Waals surface area contributed by atoms with Crippen molar-refractivity contribution < 1.29 is 18.0 Å². The second-order valence-electron chi connectivity index (χ2n) is 6.94. The number of hydrogen-bond donors (Lipinski definition) is 1. The van der Waals surface area contributed by atoms with Crippen LogP contribution in [0.5, 0.6) is 0 Å². The van der Waals surface area contributed by atoms with Crippen LogP contribution in [0.4, 0.5) is 13.2 Å². The number of carbonyl (C=O) groups is 1. The lowest BCUT2D eigenvalue weighted by Gasteiger charge is -2.13. The van der Waals surface area contributed by atoms with Crippen molar-refractivity contribution in [3.63, 3.8) is 0 Å². The lowest BCUT2D eigenvalue weighted by molar-refractivity contribution is -0.141. The Bertz CT molecular complexity index is 1070. The van der Waals surface area contributed by atoms with Gasteiger partial charge in [0.25, 0.3) is 5.91 Å². The highest BCUT2D eigenvalue weighted by molar-refractivity contribution is 5.93. The molecule has 0 aromatic carbocycles. The third-order valence-electron chi connectivity index (χ3n) is 5.00. The second-order valence-corrected chi connectivity index (χ2v) is 6.94. The number of fused-ring (bicyclic) bond motifs is 1. The van der Waals surface area contributed by atoms with Crippen LogP contribution in [0, 0.1) is 0 Å². The summed E-state index contributed by atoms with van der Waals surface area (Å²) >= 11 is 0. The van der Waals surface area contributed by atoms with E-state index in [1.807, 2.05) is 25.3 Å². The summed E-state index contributed by atoms with van der Waals surface area (Å²) in [6, 6.07) is 4.24. The predicted octanol–water partition coefficient (Wildman–Crippen LogP) is 3.00. The van der Waals surface area contributed by atoms with Crippen LogP contribution in [0.25, 0.3) is 5.69 Å². The summed E-state index contributed by atoms with van der Waals surface area (Å²) in [6.07, 6.45) is 1.11. The quantitative estimate of drug-likeness (QED) is 0.725. The minimum atomic E-state index is -4.60. The van der Waals surface area contributed by atoms with Gasteiger partial charge in [0.2, 0.25) is 0 Å². The molecule has 0 saturated heterocycles. The van der Waals surface area contributed by atoms with Crippen LogP contribution in [0.2, 0.25) is 0 Å². The SMILES string of the molecule is CCc1cc(-n2cc3c(n2)CCC3NC(=O)c2cc(C(F)(F)F)nn2C)ccn1. The van der Waals surface area contributed by atoms with E-state index in [1.165, 1.54) is 7.05 Å². The maximum Gasteiger partial charge on any atom is 0.435 e. The van der Waals surface area contributed by atoms with Crippen molar-refractivity contribution in [3.05, 3.63) is 58.9 Å². The first-order valence-electron chi connectivity index (χ1n) is 9.22. The standard InChI is InChI=1S/C19H19F3N6O/c1-3-11-8-12(6-7-23-11)28-10-13-14(4-5-15(13)25-28)24-18(29)16-9-17(19(20,21)22)26-27(16)2/h6-10,14H,3-5H2,1-2H3,(H,24,29). The van der Waals surface area contributed by atoms with Crippen molar-refractivity contribution >= 4 is 5.91 Å². The fourth-order valence-electron chi connectivity index (χ4n) is 3.48. The molecule has 152 valence electrons. The zero-order chi connectivity index (χ0) is 20.8. The van der Waals surface area contributed by atoms with E-state index in [9.17, 15) is 18.0 Å². The van der Waals surface area contributed by atoms with Crippen molar-refractivity contribution in [1.82, 2.24) is 29.9 Å². The van der Waals surface area contributed by atoms with Crippen molar-refractivity contribution in [2.45, 2.75) is 38.4 Å². The van der Waals surface area contributed by atoms with Gasteiger partial charge in [0, 0.05) is 36.8 Å². The Hall–Kier alpha value is -3.17. The molecule has 3 heterocycles. The predicted molar refractivity (Wildman–Crippen MR) is 97.5 cm³/mol. The maximum absolute atomic E-state index is 12.8. The fraction of sp³-hybridized carbons (Fsp3) is 0.368. The summed E-state index contributed by atoms with van der Waals surface area (Å²) in [7, 11) is 1.32. The molecule has 3 aromatic heterocycles. The number of hydrogen-bond acceptors (Lipinski definition) is 4. The molecular weight excluding hydrogens is 385 g/mol. The molecular formula is C19H19F3N6O. The van der Waals surface area contributed by atoms with E-state index in [-0.39, 0.29) is 11.7 Å². The number of alkyl halides is 3. The van der Waals surface area contributed by atoms with E-state index in [0.717, 1.165) is 39.8 Å². The Balaban J connectivity index is 1.55. The molecule has 0 aliphatic heterocycles. The van der Waals surface area contributed by atoms with Gasteiger partial charge < -0.3 is 5.32 Å². The Morgan fingerprint density at radius 2 is 2.10 bits per heavy atom. The van der Waals surface area contributed by atoms with Crippen LogP contribution in [0.1, 0.15) is 52.5 Å².